The van der Waals surface area contributed by atoms with Gasteiger partial charge in [-0.25, -0.2) is 9.67 Å². The van der Waals surface area contributed by atoms with Crippen molar-refractivity contribution in [1.29, 1.82) is 0 Å². The van der Waals surface area contributed by atoms with E-state index >= 15 is 0 Å². The highest BCUT2D eigenvalue weighted by Crippen LogP contribution is 2.35. The van der Waals surface area contributed by atoms with E-state index in [0.29, 0.717) is 24.3 Å². The average molecular weight is 423 g/mol. The number of hydrogen-bond acceptors (Lipinski definition) is 6. The van der Waals surface area contributed by atoms with Crippen LogP contribution in [0.15, 0.2) is 64.8 Å². The number of aryl methyl sites for hydroxylation is 1. The quantitative estimate of drug-likeness (QED) is 0.512. The minimum atomic E-state index is -0.205. The van der Waals surface area contributed by atoms with Crippen LogP contribution < -0.4 is 10.9 Å². The number of thiophene rings is 1. The van der Waals surface area contributed by atoms with E-state index in [9.17, 15) is 9.59 Å². The van der Waals surface area contributed by atoms with Crippen LogP contribution >= 0.6 is 22.7 Å². The summed E-state index contributed by atoms with van der Waals surface area (Å²) in [5, 5.41) is 10.3. The molecule has 3 heterocycles. The lowest BCUT2D eigenvalue weighted by atomic mass is 10.2. The molecule has 3 aromatic heterocycles. The first-order valence-corrected chi connectivity index (χ1v) is 10.7. The maximum absolute atomic E-state index is 12.2. The van der Waals surface area contributed by atoms with Crippen LogP contribution in [0.5, 0.6) is 0 Å². The third-order valence-electron chi connectivity index (χ3n) is 4.27. The molecular weight excluding hydrogens is 404 g/mol. The van der Waals surface area contributed by atoms with Crippen molar-refractivity contribution < 1.29 is 4.79 Å². The summed E-state index contributed by atoms with van der Waals surface area (Å²) in [6, 6.07) is 16.2. The highest BCUT2D eigenvalue weighted by atomic mass is 32.1. The predicted molar refractivity (Wildman–Crippen MR) is 116 cm³/mol. The Morgan fingerprint density at radius 2 is 1.93 bits per heavy atom. The maximum atomic E-state index is 12.2. The Balaban J connectivity index is 1.50. The molecule has 0 fully saturated rings. The first kappa shape index (κ1) is 19.2. The van der Waals surface area contributed by atoms with Crippen molar-refractivity contribution in [1.82, 2.24) is 20.1 Å². The summed E-state index contributed by atoms with van der Waals surface area (Å²) in [6.07, 6.45) is 0. The molecule has 1 aromatic carbocycles. The minimum absolute atomic E-state index is 0.173. The molecule has 6 nitrogen and oxygen atoms in total. The Labute approximate surface area is 175 Å². The molecule has 4 aromatic rings. The van der Waals surface area contributed by atoms with E-state index in [0.717, 1.165) is 20.5 Å². The Bertz CT molecular complexity index is 1180. The summed E-state index contributed by atoms with van der Waals surface area (Å²) >= 11 is 3.21. The number of hydrogen-bond donors (Lipinski definition) is 1. The fourth-order valence-corrected chi connectivity index (χ4v) is 4.66. The van der Waals surface area contributed by atoms with Crippen LogP contribution in [0.3, 0.4) is 0 Å². The molecule has 0 aliphatic carbocycles. The van der Waals surface area contributed by atoms with Gasteiger partial charge in [0.05, 0.1) is 22.0 Å². The lowest BCUT2D eigenvalue weighted by Gasteiger charge is -2.08. The second-order valence-electron chi connectivity index (χ2n) is 6.31. The fourth-order valence-electron chi connectivity index (χ4n) is 2.84. The van der Waals surface area contributed by atoms with E-state index in [-0.39, 0.29) is 11.5 Å². The van der Waals surface area contributed by atoms with Crippen molar-refractivity contribution in [3.63, 3.8) is 0 Å². The molecule has 0 bridgehead atoms. The maximum Gasteiger partial charge on any atom is 0.266 e. The Hall–Kier alpha value is -3.10. The van der Waals surface area contributed by atoms with Crippen LogP contribution in [-0.2, 0) is 6.54 Å². The van der Waals surface area contributed by atoms with Crippen LogP contribution in [0.25, 0.3) is 20.5 Å². The predicted octanol–water partition coefficient (Wildman–Crippen LogP) is 3.83. The number of amides is 1. The number of rotatable bonds is 6. The zero-order valence-corrected chi connectivity index (χ0v) is 17.3. The number of carbonyl (C=O) groups is 1. The largest absolute Gasteiger partial charge is 0.350 e. The molecule has 29 heavy (non-hydrogen) atoms. The van der Waals surface area contributed by atoms with E-state index in [1.54, 1.807) is 40.9 Å². The molecule has 1 amide bonds. The first-order chi connectivity index (χ1) is 14.1. The summed E-state index contributed by atoms with van der Waals surface area (Å²) in [4.78, 5) is 31.0. The van der Waals surface area contributed by atoms with Gasteiger partial charge in [0.1, 0.15) is 10.7 Å². The van der Waals surface area contributed by atoms with E-state index in [2.05, 4.69) is 15.4 Å². The summed E-state index contributed by atoms with van der Waals surface area (Å²) < 4.78 is 1.38. The Kier molecular flexibility index (Phi) is 5.64. The van der Waals surface area contributed by atoms with E-state index in [1.165, 1.54) is 10.7 Å². The Morgan fingerprint density at radius 1 is 1.10 bits per heavy atom. The van der Waals surface area contributed by atoms with Crippen LogP contribution in [-0.4, -0.2) is 27.2 Å². The average Bonchev–Trinajstić information content (AvgIpc) is 3.40. The molecule has 0 aliphatic rings. The van der Waals surface area contributed by atoms with Crippen molar-refractivity contribution >= 4 is 28.6 Å². The van der Waals surface area contributed by atoms with E-state index < -0.39 is 0 Å². The summed E-state index contributed by atoms with van der Waals surface area (Å²) in [5.74, 6) is -0.173. The van der Waals surface area contributed by atoms with Gasteiger partial charge in [0.2, 0.25) is 0 Å². The zero-order valence-electron chi connectivity index (χ0n) is 15.7. The van der Waals surface area contributed by atoms with Crippen molar-refractivity contribution in [2.45, 2.75) is 13.5 Å². The third-order valence-corrected chi connectivity index (χ3v) is 6.49. The second-order valence-corrected chi connectivity index (χ2v) is 8.26. The first-order valence-electron chi connectivity index (χ1n) is 9.05. The summed E-state index contributed by atoms with van der Waals surface area (Å²) in [5.41, 5.74) is 1.97. The van der Waals surface area contributed by atoms with Crippen LogP contribution in [0.4, 0.5) is 0 Å². The summed E-state index contributed by atoms with van der Waals surface area (Å²) in [7, 11) is 0. The van der Waals surface area contributed by atoms with Crippen LogP contribution in [0.1, 0.15) is 16.1 Å². The van der Waals surface area contributed by atoms with Crippen molar-refractivity contribution in [2.24, 2.45) is 0 Å². The highest BCUT2D eigenvalue weighted by molar-refractivity contribution is 7.23. The fraction of sp³-hybridized carbons (Fsp3) is 0.143. The van der Waals surface area contributed by atoms with E-state index in [4.69, 9.17) is 0 Å². The van der Waals surface area contributed by atoms with Gasteiger partial charge in [-0.2, -0.15) is 5.10 Å². The monoisotopic (exact) mass is 422 g/mol. The molecule has 1 N–H and O–H groups in total. The topological polar surface area (TPSA) is 76.9 Å². The van der Waals surface area contributed by atoms with Crippen LogP contribution in [0.2, 0.25) is 0 Å². The molecule has 0 unspecified atom stereocenters. The van der Waals surface area contributed by atoms with Gasteiger partial charge < -0.3 is 5.32 Å². The number of nitrogens with one attached hydrogen (secondary N) is 1. The molecule has 0 aliphatic heterocycles. The van der Waals surface area contributed by atoms with Gasteiger partial charge in [0, 0.05) is 18.2 Å². The third kappa shape index (κ3) is 4.33. The molecule has 146 valence electrons. The molecule has 8 heteroatoms. The standard InChI is InChI=1S/C21H18N4O2S2/c1-14-19(29-21(23-14)17-8-5-13-28-17)16-9-10-18(26)25(24-16)12-11-22-20(27)15-6-3-2-4-7-15/h2-10,13H,11-12H2,1H3,(H,22,27). The van der Waals surface area contributed by atoms with Gasteiger partial charge in [0.15, 0.2) is 0 Å². The van der Waals surface area contributed by atoms with Gasteiger partial charge in [-0.1, -0.05) is 24.3 Å². The zero-order chi connectivity index (χ0) is 20.2. The molecule has 4 rings (SSSR count). The molecular formula is C21H18N4O2S2. The minimum Gasteiger partial charge on any atom is -0.350 e. The number of benzene rings is 1. The van der Waals surface area contributed by atoms with Crippen molar-refractivity contribution in [3.8, 4) is 20.5 Å². The van der Waals surface area contributed by atoms with E-state index in [1.807, 2.05) is 42.6 Å². The molecule has 0 radical (unpaired) electrons. The van der Waals surface area contributed by atoms with Gasteiger partial charge in [0.25, 0.3) is 11.5 Å². The molecule has 0 saturated carbocycles. The number of carbonyl (C=O) groups excluding carboxylic acids is 1. The lowest BCUT2D eigenvalue weighted by molar-refractivity contribution is 0.0951. The summed E-state index contributed by atoms with van der Waals surface area (Å²) in [6.45, 7) is 2.55. The van der Waals surface area contributed by atoms with Gasteiger partial charge >= 0.3 is 0 Å². The highest BCUT2D eigenvalue weighted by Gasteiger charge is 2.14. The normalized spacial score (nSPS) is 10.8. The van der Waals surface area contributed by atoms with Gasteiger partial charge in [-0.15, -0.1) is 22.7 Å². The van der Waals surface area contributed by atoms with Crippen molar-refractivity contribution in [2.75, 3.05) is 6.54 Å². The van der Waals surface area contributed by atoms with Crippen molar-refractivity contribution in [3.05, 3.63) is 81.6 Å². The number of thiazole rings is 1. The SMILES string of the molecule is Cc1nc(-c2cccs2)sc1-c1ccc(=O)n(CCNC(=O)c2ccccc2)n1. The van der Waals surface area contributed by atoms with Gasteiger partial charge in [-0.05, 0) is 36.6 Å². The molecule has 0 saturated heterocycles. The second kappa shape index (κ2) is 8.50. The number of nitrogens with zero attached hydrogens (tertiary/aromatic N) is 3. The Morgan fingerprint density at radius 3 is 2.69 bits per heavy atom. The lowest BCUT2D eigenvalue weighted by Crippen LogP contribution is -2.31. The smallest absolute Gasteiger partial charge is 0.266 e. The molecule has 0 atom stereocenters. The van der Waals surface area contributed by atoms with Gasteiger partial charge in [-0.3, -0.25) is 9.59 Å². The molecule has 0 spiro atoms. The van der Waals surface area contributed by atoms with Crippen LogP contribution in [0, 0.1) is 6.92 Å². The number of aromatic nitrogens is 3.